The summed E-state index contributed by atoms with van der Waals surface area (Å²) in [6, 6.07) is 2.92. The lowest BCUT2D eigenvalue weighted by Gasteiger charge is -2.19. The fourth-order valence-corrected chi connectivity index (χ4v) is 5.57. The quantitative estimate of drug-likeness (QED) is 0.326. The monoisotopic (exact) mass is 367 g/mol. The number of sulfonamides is 1. The molecule has 1 aliphatic carbocycles. The van der Waals surface area contributed by atoms with Crippen molar-refractivity contribution in [2.45, 2.75) is 29.5 Å². The van der Waals surface area contributed by atoms with Crippen molar-refractivity contribution in [3.63, 3.8) is 0 Å². The molecule has 2 unspecified atom stereocenters. The van der Waals surface area contributed by atoms with Crippen LogP contribution in [0.15, 0.2) is 25.3 Å². The Kier molecular flexibility index (Phi) is 4.49. The Labute approximate surface area is 123 Å². The first kappa shape index (κ1) is 14.8. The zero-order chi connectivity index (χ0) is 14.0. The molecule has 2 atom stereocenters. The lowest BCUT2D eigenvalue weighted by atomic mass is 10.0. The smallest absolute Gasteiger partial charge is 0.250 e. The van der Waals surface area contributed by atoms with Crippen LogP contribution in [0.4, 0.5) is 0 Å². The summed E-state index contributed by atoms with van der Waals surface area (Å²) in [5, 5.41) is 11.7. The zero-order valence-corrected chi connectivity index (χ0v) is 13.1. The number of nitrogens with two attached hydrogens (primary N) is 1. The van der Waals surface area contributed by atoms with Gasteiger partial charge in [-0.15, -0.1) is 11.3 Å². The van der Waals surface area contributed by atoms with E-state index in [0.717, 1.165) is 28.0 Å². The number of amidine groups is 1. The number of hydrogen-bond donors (Lipinski definition) is 3. The Morgan fingerprint density at radius 3 is 2.84 bits per heavy atom. The summed E-state index contributed by atoms with van der Waals surface area (Å²) in [5.74, 6) is -0.166. The van der Waals surface area contributed by atoms with Gasteiger partial charge >= 0.3 is 0 Å². The van der Waals surface area contributed by atoms with Crippen LogP contribution in [-0.2, 0) is 10.0 Å². The molecule has 1 fully saturated rings. The molecular formula is C10H14BrN3O3S2. The van der Waals surface area contributed by atoms with E-state index < -0.39 is 10.0 Å². The van der Waals surface area contributed by atoms with Crippen molar-refractivity contribution in [1.29, 1.82) is 0 Å². The van der Waals surface area contributed by atoms with Crippen molar-refractivity contribution in [1.82, 2.24) is 4.72 Å². The lowest BCUT2D eigenvalue weighted by Crippen LogP contribution is -2.42. The molecule has 0 amide bonds. The van der Waals surface area contributed by atoms with E-state index in [2.05, 4.69) is 25.8 Å². The third-order valence-corrected chi connectivity index (χ3v) is 6.74. The minimum absolute atomic E-state index is 0.0811. The lowest BCUT2D eigenvalue weighted by molar-refractivity contribution is 0.312. The maximum absolute atomic E-state index is 12.2. The van der Waals surface area contributed by atoms with Crippen LogP contribution >= 0.6 is 27.3 Å². The van der Waals surface area contributed by atoms with E-state index in [1.54, 1.807) is 12.1 Å². The highest BCUT2D eigenvalue weighted by Crippen LogP contribution is 2.30. The largest absolute Gasteiger partial charge is 0.409 e. The summed E-state index contributed by atoms with van der Waals surface area (Å²) in [6.45, 7) is 0. The average molecular weight is 368 g/mol. The third kappa shape index (κ3) is 3.28. The van der Waals surface area contributed by atoms with Gasteiger partial charge in [0, 0.05) is 12.0 Å². The molecule has 1 aromatic rings. The highest BCUT2D eigenvalue weighted by molar-refractivity contribution is 9.11. The highest BCUT2D eigenvalue weighted by atomic mass is 79.9. The van der Waals surface area contributed by atoms with Crippen LogP contribution in [-0.4, -0.2) is 25.5 Å². The van der Waals surface area contributed by atoms with Crippen LogP contribution in [0.2, 0.25) is 0 Å². The van der Waals surface area contributed by atoms with Crippen LogP contribution < -0.4 is 10.5 Å². The fraction of sp³-hybridized carbons (Fsp3) is 0.500. The molecule has 0 bridgehead atoms. The van der Waals surface area contributed by atoms with Gasteiger partial charge in [-0.1, -0.05) is 11.6 Å². The summed E-state index contributed by atoms with van der Waals surface area (Å²) in [7, 11) is -3.55. The predicted octanol–water partition coefficient (Wildman–Crippen LogP) is 1.70. The molecular weight excluding hydrogens is 354 g/mol. The Hall–Kier alpha value is -0.640. The van der Waals surface area contributed by atoms with Gasteiger partial charge < -0.3 is 10.9 Å². The number of nitrogens with zero attached hydrogens (tertiary/aromatic N) is 1. The fourth-order valence-electron chi connectivity index (χ4n) is 2.23. The van der Waals surface area contributed by atoms with Gasteiger partial charge in [-0.05, 0) is 40.9 Å². The van der Waals surface area contributed by atoms with Crippen molar-refractivity contribution in [3.05, 3.63) is 15.9 Å². The molecule has 1 saturated carbocycles. The van der Waals surface area contributed by atoms with Crippen molar-refractivity contribution < 1.29 is 13.6 Å². The summed E-state index contributed by atoms with van der Waals surface area (Å²) >= 11 is 4.39. The number of hydrogen-bond acceptors (Lipinski definition) is 5. The van der Waals surface area contributed by atoms with Crippen LogP contribution in [0, 0.1) is 5.92 Å². The zero-order valence-electron chi connectivity index (χ0n) is 9.91. The Morgan fingerprint density at radius 2 is 2.26 bits per heavy atom. The Balaban J connectivity index is 2.16. The van der Waals surface area contributed by atoms with E-state index in [1.165, 1.54) is 0 Å². The van der Waals surface area contributed by atoms with Gasteiger partial charge in [0.15, 0.2) is 0 Å². The van der Waals surface area contributed by atoms with Gasteiger partial charge in [-0.3, -0.25) is 0 Å². The first-order valence-corrected chi connectivity index (χ1v) is 8.78. The SMILES string of the molecule is NC(=NO)C1CCCC1NS(=O)(=O)c1ccc(Br)s1. The summed E-state index contributed by atoms with van der Waals surface area (Å²) in [5.41, 5.74) is 5.59. The second-order valence-corrected chi connectivity index (χ2v) is 8.75. The summed E-state index contributed by atoms with van der Waals surface area (Å²) < 4.78 is 28.0. The summed E-state index contributed by atoms with van der Waals surface area (Å²) in [4.78, 5) is 0. The molecule has 0 aliphatic heterocycles. The van der Waals surface area contributed by atoms with Gasteiger partial charge in [-0.25, -0.2) is 13.1 Å². The van der Waals surface area contributed by atoms with Crippen molar-refractivity contribution in [2.24, 2.45) is 16.8 Å². The molecule has 0 aromatic carbocycles. The van der Waals surface area contributed by atoms with E-state index in [9.17, 15) is 8.42 Å². The van der Waals surface area contributed by atoms with Crippen LogP contribution in [0.1, 0.15) is 19.3 Å². The van der Waals surface area contributed by atoms with E-state index >= 15 is 0 Å². The third-order valence-electron chi connectivity index (χ3n) is 3.13. The standard InChI is InChI=1S/C10H14BrN3O3S2/c11-8-4-5-9(18-8)19(16,17)14-7-3-1-2-6(7)10(12)13-15/h4-7,14-15H,1-3H2,(H2,12,13). The molecule has 1 aromatic heterocycles. The molecule has 4 N–H and O–H groups in total. The number of oxime groups is 1. The van der Waals surface area contributed by atoms with Gasteiger partial charge in [0.25, 0.3) is 0 Å². The van der Waals surface area contributed by atoms with Crippen LogP contribution in [0.25, 0.3) is 0 Å². The predicted molar refractivity (Wildman–Crippen MR) is 76.9 cm³/mol. The molecule has 6 nitrogen and oxygen atoms in total. The van der Waals surface area contributed by atoms with Gasteiger partial charge in [0.2, 0.25) is 10.0 Å². The maximum atomic E-state index is 12.2. The van der Waals surface area contributed by atoms with Crippen LogP contribution in [0.3, 0.4) is 0 Å². The van der Waals surface area contributed by atoms with E-state index in [1.807, 2.05) is 0 Å². The molecule has 19 heavy (non-hydrogen) atoms. The minimum Gasteiger partial charge on any atom is -0.409 e. The number of halogens is 1. The number of nitrogens with one attached hydrogen (secondary N) is 1. The second-order valence-electron chi connectivity index (χ2n) is 4.35. The maximum Gasteiger partial charge on any atom is 0.250 e. The summed E-state index contributed by atoms with van der Waals surface area (Å²) in [6.07, 6.45) is 2.26. The average Bonchev–Trinajstić information content (AvgIpc) is 2.97. The molecule has 0 radical (unpaired) electrons. The molecule has 1 aliphatic rings. The molecule has 1 heterocycles. The topological polar surface area (TPSA) is 105 Å². The van der Waals surface area contributed by atoms with Crippen LogP contribution in [0.5, 0.6) is 0 Å². The Morgan fingerprint density at radius 1 is 1.53 bits per heavy atom. The number of thiophene rings is 1. The first-order valence-electron chi connectivity index (χ1n) is 5.69. The second kappa shape index (κ2) is 5.78. The van der Waals surface area contributed by atoms with Gasteiger partial charge in [-0.2, -0.15) is 0 Å². The molecule has 0 spiro atoms. The van der Waals surface area contributed by atoms with Crippen molar-refractivity contribution in [2.75, 3.05) is 0 Å². The van der Waals surface area contributed by atoms with E-state index in [0.29, 0.717) is 6.42 Å². The van der Waals surface area contributed by atoms with Crippen molar-refractivity contribution >= 4 is 43.1 Å². The number of rotatable bonds is 4. The molecule has 2 rings (SSSR count). The van der Waals surface area contributed by atoms with Gasteiger partial charge in [0.1, 0.15) is 10.0 Å². The molecule has 9 heteroatoms. The minimum atomic E-state index is -3.55. The first-order chi connectivity index (χ1) is 8.94. The van der Waals surface area contributed by atoms with E-state index in [-0.39, 0.29) is 22.0 Å². The Bertz CT molecular complexity index is 585. The normalized spacial score (nSPS) is 24.8. The highest BCUT2D eigenvalue weighted by Gasteiger charge is 2.34. The molecule has 106 valence electrons. The van der Waals surface area contributed by atoms with E-state index in [4.69, 9.17) is 10.9 Å². The molecule has 0 saturated heterocycles. The van der Waals surface area contributed by atoms with Gasteiger partial charge in [0.05, 0.1) is 3.79 Å². The van der Waals surface area contributed by atoms with Crippen molar-refractivity contribution in [3.8, 4) is 0 Å².